The molecule has 2 aromatic rings. The molecule has 1 fully saturated rings. The number of anilines is 1. The number of β-amino-alcohol motifs (C(OH)–C–C–N with tert-alkyl or cyclic N) is 1. The molecule has 0 spiro atoms. The van der Waals surface area contributed by atoms with Crippen LogP contribution in [0.4, 0.5) is 23.5 Å². The lowest BCUT2D eigenvalue weighted by Crippen LogP contribution is -2.44. The number of rotatable bonds is 6. The Morgan fingerprint density at radius 2 is 2.03 bits per heavy atom. The van der Waals surface area contributed by atoms with Gasteiger partial charge < -0.3 is 20.1 Å². The molecular formula is C19H18F4N4O2. The average Bonchev–Trinajstić information content (AvgIpc) is 3.40. The monoisotopic (exact) mass is 410 g/mol. The minimum absolute atomic E-state index is 0.00452. The van der Waals surface area contributed by atoms with Crippen molar-refractivity contribution in [1.82, 2.24) is 15.3 Å². The van der Waals surface area contributed by atoms with Crippen LogP contribution in [0.2, 0.25) is 0 Å². The number of ether oxygens (including phenoxy) is 1. The maximum absolute atomic E-state index is 13.3. The molecule has 2 heterocycles. The molecule has 10 heteroatoms. The smallest absolute Gasteiger partial charge is 0.433 e. The fourth-order valence-electron chi connectivity index (χ4n) is 2.88. The highest BCUT2D eigenvalue weighted by Crippen LogP contribution is 2.33. The number of hydrogen-bond acceptors (Lipinski definition) is 6. The van der Waals surface area contributed by atoms with Crippen molar-refractivity contribution < 1.29 is 27.4 Å². The molecule has 1 aromatic heterocycles. The number of nitrogens with one attached hydrogen (secondary N) is 1. The first kappa shape index (κ1) is 19.6. The maximum Gasteiger partial charge on any atom is 0.433 e. The Hall–Kier alpha value is -2.72. The van der Waals surface area contributed by atoms with Crippen LogP contribution in [0.3, 0.4) is 0 Å². The summed E-state index contributed by atoms with van der Waals surface area (Å²) in [4.78, 5) is 8.91. The third-order valence-electron chi connectivity index (χ3n) is 4.54. The zero-order valence-corrected chi connectivity index (χ0v) is 15.2. The van der Waals surface area contributed by atoms with Crippen molar-refractivity contribution in [3.05, 3.63) is 54.1 Å². The molecule has 1 saturated carbocycles. The summed E-state index contributed by atoms with van der Waals surface area (Å²) < 4.78 is 58.6. The third kappa shape index (κ3) is 4.83. The quantitative estimate of drug-likeness (QED) is 0.713. The summed E-state index contributed by atoms with van der Waals surface area (Å²) in [6, 6.07) is 6.01. The van der Waals surface area contributed by atoms with Gasteiger partial charge in [0.25, 0.3) is 0 Å². The van der Waals surface area contributed by atoms with E-state index in [1.54, 1.807) is 0 Å². The predicted molar refractivity (Wildman–Crippen MR) is 96.0 cm³/mol. The molecular weight excluding hydrogens is 392 g/mol. The lowest BCUT2D eigenvalue weighted by molar-refractivity contribution is -0.141. The minimum Gasteiger partial charge on any atom is -0.439 e. The molecule has 1 atom stereocenters. The van der Waals surface area contributed by atoms with E-state index in [9.17, 15) is 22.7 Å². The summed E-state index contributed by atoms with van der Waals surface area (Å²) >= 11 is 0. The van der Waals surface area contributed by atoms with Crippen LogP contribution in [-0.2, 0) is 6.18 Å². The number of hydrogen-bond donors (Lipinski definition) is 2. The van der Waals surface area contributed by atoms with Crippen molar-refractivity contribution in [2.75, 3.05) is 18.0 Å². The van der Waals surface area contributed by atoms with Gasteiger partial charge in [-0.1, -0.05) is 6.07 Å². The summed E-state index contributed by atoms with van der Waals surface area (Å²) in [5, 5.41) is 13.8. The number of alkyl halides is 3. The number of nitrogens with zero attached hydrogens (tertiary/aromatic N) is 3. The van der Waals surface area contributed by atoms with E-state index in [1.165, 1.54) is 35.4 Å². The molecule has 0 unspecified atom stereocenters. The molecule has 6 nitrogen and oxygen atoms in total. The van der Waals surface area contributed by atoms with E-state index >= 15 is 0 Å². The molecule has 2 N–H and O–H groups in total. The van der Waals surface area contributed by atoms with Crippen LogP contribution in [0, 0.1) is 5.82 Å². The summed E-state index contributed by atoms with van der Waals surface area (Å²) in [5.74, 6) is -1.24. The molecule has 4 rings (SSSR count). The first-order valence-corrected chi connectivity index (χ1v) is 9.02. The Kier molecular flexibility index (Phi) is 4.91. The van der Waals surface area contributed by atoms with Crippen molar-refractivity contribution in [1.29, 1.82) is 0 Å². The van der Waals surface area contributed by atoms with E-state index in [2.05, 4.69) is 15.3 Å². The van der Waals surface area contributed by atoms with Crippen LogP contribution >= 0.6 is 0 Å². The van der Waals surface area contributed by atoms with Gasteiger partial charge in [0.15, 0.2) is 5.69 Å². The molecule has 1 aliphatic heterocycles. The van der Waals surface area contributed by atoms with Gasteiger partial charge in [-0.25, -0.2) is 9.37 Å². The van der Waals surface area contributed by atoms with Gasteiger partial charge >= 0.3 is 6.18 Å². The molecule has 0 saturated heterocycles. The molecule has 29 heavy (non-hydrogen) atoms. The van der Waals surface area contributed by atoms with Crippen LogP contribution in [0.5, 0.6) is 11.6 Å². The van der Waals surface area contributed by atoms with Crippen molar-refractivity contribution in [2.45, 2.75) is 30.7 Å². The highest BCUT2D eigenvalue weighted by Gasteiger charge is 2.37. The second-order valence-corrected chi connectivity index (χ2v) is 7.15. The first-order chi connectivity index (χ1) is 13.7. The lowest BCUT2D eigenvalue weighted by atomic mass is 10.1. The zero-order valence-electron chi connectivity index (χ0n) is 15.2. The molecule has 1 aromatic carbocycles. The van der Waals surface area contributed by atoms with Gasteiger partial charge in [-0.05, 0) is 31.1 Å². The Bertz CT molecular complexity index is 933. The maximum atomic E-state index is 13.3. The highest BCUT2D eigenvalue weighted by molar-refractivity contribution is 5.44. The number of halogens is 4. The van der Waals surface area contributed by atoms with Gasteiger partial charge in [0.05, 0.1) is 6.54 Å². The summed E-state index contributed by atoms with van der Waals surface area (Å²) in [5.41, 5.74) is -2.45. The fourth-order valence-corrected chi connectivity index (χ4v) is 2.88. The van der Waals surface area contributed by atoms with Crippen molar-refractivity contribution >= 4 is 5.95 Å². The van der Waals surface area contributed by atoms with E-state index in [1.807, 2.05) is 0 Å². The van der Waals surface area contributed by atoms with Crippen LogP contribution < -0.4 is 15.0 Å². The summed E-state index contributed by atoms with van der Waals surface area (Å²) in [7, 11) is 0. The van der Waals surface area contributed by atoms with Crippen molar-refractivity contribution in [2.24, 2.45) is 0 Å². The van der Waals surface area contributed by atoms with Crippen molar-refractivity contribution in [3.8, 4) is 11.6 Å². The van der Waals surface area contributed by atoms with Crippen LogP contribution in [0.15, 0.2) is 42.6 Å². The predicted octanol–water partition coefficient (Wildman–Crippen LogP) is 3.24. The van der Waals surface area contributed by atoms with E-state index in [4.69, 9.17) is 4.74 Å². The molecule has 0 amide bonds. The average molecular weight is 410 g/mol. The molecule has 2 aliphatic rings. The van der Waals surface area contributed by atoms with Crippen molar-refractivity contribution in [3.63, 3.8) is 0 Å². The largest absolute Gasteiger partial charge is 0.439 e. The summed E-state index contributed by atoms with van der Waals surface area (Å²) in [6.45, 7) is 0.268. The van der Waals surface area contributed by atoms with Gasteiger partial charge in [-0.2, -0.15) is 18.2 Å². The third-order valence-corrected chi connectivity index (χ3v) is 4.54. The Labute approximate surface area is 163 Å². The second-order valence-electron chi connectivity index (χ2n) is 7.15. The summed E-state index contributed by atoms with van der Waals surface area (Å²) in [6.07, 6.45) is 0.294. The fraction of sp³-hybridized carbons (Fsp3) is 0.368. The van der Waals surface area contributed by atoms with Gasteiger partial charge in [0.2, 0.25) is 11.8 Å². The van der Waals surface area contributed by atoms with E-state index in [-0.39, 0.29) is 30.7 Å². The normalized spacial score (nSPS) is 21.6. The number of benzene rings is 1. The topological polar surface area (TPSA) is 70.5 Å². The van der Waals surface area contributed by atoms with E-state index in [0.717, 1.165) is 18.9 Å². The Morgan fingerprint density at radius 3 is 2.72 bits per heavy atom. The number of aromatic nitrogens is 2. The highest BCUT2D eigenvalue weighted by atomic mass is 19.4. The van der Waals surface area contributed by atoms with E-state index in [0.29, 0.717) is 12.1 Å². The van der Waals surface area contributed by atoms with Crippen LogP contribution in [0.1, 0.15) is 18.5 Å². The Morgan fingerprint density at radius 1 is 1.24 bits per heavy atom. The Balaban J connectivity index is 1.58. The molecule has 0 radical (unpaired) electrons. The van der Waals surface area contributed by atoms with Crippen LogP contribution in [-0.4, -0.2) is 39.8 Å². The van der Waals surface area contributed by atoms with Crippen LogP contribution in [0.25, 0.3) is 0 Å². The zero-order chi connectivity index (χ0) is 20.6. The first-order valence-electron chi connectivity index (χ1n) is 9.02. The lowest BCUT2D eigenvalue weighted by Gasteiger charge is -2.24. The van der Waals surface area contributed by atoms with Gasteiger partial charge in [0.1, 0.15) is 17.2 Å². The molecule has 154 valence electrons. The number of aliphatic hydroxyl groups is 1. The van der Waals surface area contributed by atoms with Gasteiger partial charge in [-0.3, -0.25) is 0 Å². The molecule has 1 aliphatic carbocycles. The standard InChI is InChI=1S/C19H18F4N4O2/c20-12-2-1-3-14(8-12)29-16-9-15(19(21,22)23)25-17(26-16)27-7-6-18(28,11-27)10-24-13-4-5-13/h1-3,6-9,13,24,28H,4-5,10-11H2/t18-/m0/s1. The SMILES string of the molecule is O[C@]1(CNC2CC2)C=CN(c2nc(Oc3cccc(F)c3)cc(C(F)(F)F)n2)C1. The van der Waals surface area contributed by atoms with Gasteiger partial charge in [-0.15, -0.1) is 0 Å². The minimum atomic E-state index is -4.73. The molecule has 0 bridgehead atoms. The second kappa shape index (κ2) is 7.27. The van der Waals surface area contributed by atoms with E-state index < -0.39 is 23.3 Å². The van der Waals surface area contributed by atoms with Gasteiger partial charge in [0, 0.05) is 30.9 Å².